The zero-order valence-electron chi connectivity index (χ0n) is 11.8. The van der Waals surface area contributed by atoms with Crippen LogP contribution in [0.15, 0.2) is 18.2 Å². The van der Waals surface area contributed by atoms with Gasteiger partial charge in [0.2, 0.25) is 0 Å². The maximum atomic E-state index is 13.2. The second-order valence-electron chi connectivity index (χ2n) is 5.70. The summed E-state index contributed by atoms with van der Waals surface area (Å²) in [5.41, 5.74) is 6.41. The molecule has 0 amide bonds. The van der Waals surface area contributed by atoms with E-state index in [1.807, 2.05) is 6.92 Å². The number of benzene rings is 1. The predicted molar refractivity (Wildman–Crippen MR) is 74.0 cm³/mol. The van der Waals surface area contributed by atoms with E-state index in [0.717, 1.165) is 6.07 Å². The average molecular weight is 298 g/mol. The molecule has 2 atom stereocenters. The fourth-order valence-electron chi connectivity index (χ4n) is 3.02. The van der Waals surface area contributed by atoms with Gasteiger partial charge >= 0.3 is 6.18 Å². The summed E-state index contributed by atoms with van der Waals surface area (Å²) in [5.74, 6) is 0. The smallest absolute Gasteiger partial charge is 0.367 e. The third-order valence-electron chi connectivity index (χ3n) is 4.35. The second-order valence-corrected chi connectivity index (χ2v) is 5.70. The fourth-order valence-corrected chi connectivity index (χ4v) is 3.02. The number of halogens is 3. The van der Waals surface area contributed by atoms with Gasteiger partial charge in [0.05, 0.1) is 17.9 Å². The second kappa shape index (κ2) is 4.48. The van der Waals surface area contributed by atoms with E-state index >= 15 is 0 Å². The largest absolute Gasteiger partial charge is 0.417 e. The number of aromatic amines is 1. The van der Waals surface area contributed by atoms with Crippen molar-refractivity contribution in [3.8, 4) is 0 Å². The number of hydrogen-bond acceptors (Lipinski definition) is 2. The first-order valence-corrected chi connectivity index (χ1v) is 6.86. The minimum atomic E-state index is -4.38. The molecular formula is C15H17F3N2O. The quantitative estimate of drug-likeness (QED) is 0.848. The summed E-state index contributed by atoms with van der Waals surface area (Å²) >= 11 is 0. The van der Waals surface area contributed by atoms with Gasteiger partial charge < -0.3 is 15.5 Å². The van der Waals surface area contributed by atoms with Crippen molar-refractivity contribution in [2.24, 2.45) is 5.73 Å². The topological polar surface area (TPSA) is 51.0 Å². The van der Waals surface area contributed by atoms with E-state index in [1.54, 1.807) is 13.0 Å². The fraction of sp³-hybridized carbons (Fsp3) is 0.467. The van der Waals surface area contributed by atoms with Gasteiger partial charge in [0.25, 0.3) is 0 Å². The zero-order valence-corrected chi connectivity index (χ0v) is 11.8. The van der Waals surface area contributed by atoms with Crippen molar-refractivity contribution in [2.45, 2.75) is 38.1 Å². The molecule has 1 aromatic carbocycles. The van der Waals surface area contributed by atoms with Gasteiger partial charge in [-0.05, 0) is 38.0 Å². The molecule has 0 saturated carbocycles. The number of fused-ring (bicyclic) bond motifs is 3. The van der Waals surface area contributed by atoms with Crippen LogP contribution in [0.3, 0.4) is 0 Å². The van der Waals surface area contributed by atoms with Gasteiger partial charge in [0.1, 0.15) is 5.60 Å². The number of alkyl halides is 3. The highest BCUT2D eigenvalue weighted by Gasteiger charge is 2.41. The molecule has 0 fully saturated rings. The number of ether oxygens (including phenoxy) is 1. The predicted octanol–water partition coefficient (Wildman–Crippen LogP) is 3.32. The summed E-state index contributed by atoms with van der Waals surface area (Å²) in [5, 5.41) is 0.246. The van der Waals surface area contributed by atoms with Crippen LogP contribution in [-0.4, -0.2) is 17.6 Å². The normalized spacial score (nSPS) is 24.1. The van der Waals surface area contributed by atoms with Crippen LogP contribution in [0.4, 0.5) is 13.2 Å². The van der Waals surface area contributed by atoms with E-state index in [1.165, 1.54) is 6.07 Å². The van der Waals surface area contributed by atoms with Gasteiger partial charge in [-0.1, -0.05) is 6.07 Å². The lowest BCUT2D eigenvalue weighted by molar-refractivity contribution is -0.136. The summed E-state index contributed by atoms with van der Waals surface area (Å²) in [7, 11) is 0. The Balaban J connectivity index is 2.33. The molecule has 3 N–H and O–H groups in total. The zero-order chi connectivity index (χ0) is 15.4. The van der Waals surface area contributed by atoms with Crippen LogP contribution in [0.2, 0.25) is 0 Å². The molecular weight excluding hydrogens is 281 g/mol. The van der Waals surface area contributed by atoms with Gasteiger partial charge in [-0.3, -0.25) is 0 Å². The maximum absolute atomic E-state index is 13.2. The average Bonchev–Trinajstić information content (AvgIpc) is 2.77. The minimum Gasteiger partial charge on any atom is -0.367 e. The molecule has 0 bridgehead atoms. The number of nitrogens with two attached hydrogens (primary N) is 1. The summed E-state index contributed by atoms with van der Waals surface area (Å²) in [4.78, 5) is 3.10. The molecule has 3 rings (SSSR count). The first-order valence-electron chi connectivity index (χ1n) is 6.86. The van der Waals surface area contributed by atoms with Crippen molar-refractivity contribution in [3.63, 3.8) is 0 Å². The number of nitrogens with one attached hydrogen (secondary N) is 1. The van der Waals surface area contributed by atoms with Crippen molar-refractivity contribution >= 4 is 10.9 Å². The molecule has 6 heteroatoms. The van der Waals surface area contributed by atoms with Gasteiger partial charge in [-0.2, -0.15) is 13.2 Å². The van der Waals surface area contributed by atoms with Crippen molar-refractivity contribution in [3.05, 3.63) is 35.0 Å². The lowest BCUT2D eigenvalue weighted by Gasteiger charge is -2.37. The van der Waals surface area contributed by atoms with Crippen LogP contribution < -0.4 is 5.73 Å². The van der Waals surface area contributed by atoms with Gasteiger partial charge in [0.15, 0.2) is 0 Å². The Kier molecular flexibility index (Phi) is 3.07. The van der Waals surface area contributed by atoms with Crippen LogP contribution in [0.5, 0.6) is 0 Å². The standard InChI is InChI=1S/C15H17F3N2O/c1-8(19)14(2)13-9(6-7-21-14)12-10(15(16,17)18)4-3-5-11(12)20-13/h3-5,8,20H,6-7,19H2,1-2H3. The molecule has 0 aliphatic carbocycles. The Morgan fingerprint density at radius 3 is 2.71 bits per heavy atom. The van der Waals surface area contributed by atoms with E-state index in [0.29, 0.717) is 29.8 Å². The third kappa shape index (κ3) is 2.05. The van der Waals surface area contributed by atoms with Crippen molar-refractivity contribution in [2.75, 3.05) is 6.61 Å². The summed E-state index contributed by atoms with van der Waals surface area (Å²) in [6.07, 6.45) is -3.93. The Labute approximate surface area is 120 Å². The molecule has 0 spiro atoms. The molecule has 3 nitrogen and oxygen atoms in total. The highest BCUT2D eigenvalue weighted by Crippen LogP contribution is 2.43. The van der Waals surface area contributed by atoms with E-state index in [4.69, 9.17) is 10.5 Å². The summed E-state index contributed by atoms with van der Waals surface area (Å²) < 4.78 is 45.5. The lowest BCUT2D eigenvalue weighted by Crippen LogP contribution is -2.46. The summed E-state index contributed by atoms with van der Waals surface area (Å²) in [6, 6.07) is 3.86. The Hall–Kier alpha value is -1.53. The van der Waals surface area contributed by atoms with Gasteiger partial charge in [-0.15, -0.1) is 0 Å². The minimum absolute atomic E-state index is 0.246. The number of aromatic nitrogens is 1. The molecule has 0 radical (unpaired) electrons. The molecule has 0 saturated heterocycles. The monoisotopic (exact) mass is 298 g/mol. The molecule has 1 aromatic heterocycles. The van der Waals surface area contributed by atoms with Gasteiger partial charge in [-0.25, -0.2) is 0 Å². The molecule has 2 aromatic rings. The van der Waals surface area contributed by atoms with Crippen molar-refractivity contribution < 1.29 is 17.9 Å². The van der Waals surface area contributed by atoms with E-state index in [2.05, 4.69) is 4.98 Å². The Morgan fingerprint density at radius 1 is 1.38 bits per heavy atom. The Morgan fingerprint density at radius 2 is 2.10 bits per heavy atom. The first kappa shape index (κ1) is 14.4. The summed E-state index contributed by atoms with van der Waals surface area (Å²) in [6.45, 7) is 3.98. The molecule has 2 heterocycles. The molecule has 1 aliphatic heterocycles. The Bertz CT molecular complexity index is 690. The maximum Gasteiger partial charge on any atom is 0.417 e. The number of hydrogen-bond donors (Lipinski definition) is 2. The molecule has 21 heavy (non-hydrogen) atoms. The third-order valence-corrected chi connectivity index (χ3v) is 4.35. The van der Waals surface area contributed by atoms with Crippen LogP contribution >= 0.6 is 0 Å². The molecule has 1 aliphatic rings. The highest BCUT2D eigenvalue weighted by molar-refractivity contribution is 5.89. The lowest BCUT2D eigenvalue weighted by atomic mass is 9.87. The van der Waals surface area contributed by atoms with Gasteiger partial charge in [0, 0.05) is 16.9 Å². The highest BCUT2D eigenvalue weighted by atomic mass is 19.4. The van der Waals surface area contributed by atoms with Crippen LogP contribution in [0.1, 0.15) is 30.7 Å². The van der Waals surface area contributed by atoms with Crippen LogP contribution in [0, 0.1) is 0 Å². The SMILES string of the molecule is CC(N)C1(C)OCCc2c1[nH]c1cccc(C(F)(F)F)c21. The van der Waals surface area contributed by atoms with Crippen molar-refractivity contribution in [1.82, 2.24) is 4.98 Å². The molecule has 114 valence electrons. The van der Waals surface area contributed by atoms with Crippen LogP contribution in [0.25, 0.3) is 10.9 Å². The number of rotatable bonds is 1. The first-order chi connectivity index (χ1) is 9.75. The number of H-pyrrole nitrogens is 1. The van der Waals surface area contributed by atoms with Crippen LogP contribution in [-0.2, 0) is 22.9 Å². The van der Waals surface area contributed by atoms with E-state index in [9.17, 15) is 13.2 Å². The molecule has 2 unspecified atom stereocenters. The van der Waals surface area contributed by atoms with E-state index < -0.39 is 17.3 Å². The van der Waals surface area contributed by atoms with Crippen molar-refractivity contribution in [1.29, 1.82) is 0 Å². The van der Waals surface area contributed by atoms with E-state index in [-0.39, 0.29) is 11.4 Å².